The number of ether oxygens (including phenoxy) is 2. The fourth-order valence-corrected chi connectivity index (χ4v) is 3.37. The van der Waals surface area contributed by atoms with E-state index in [9.17, 15) is 4.39 Å². The lowest BCUT2D eigenvalue weighted by atomic mass is 9.98. The van der Waals surface area contributed by atoms with Gasteiger partial charge >= 0.3 is 0 Å². The third-order valence-corrected chi connectivity index (χ3v) is 4.53. The van der Waals surface area contributed by atoms with Crippen LogP contribution >= 0.6 is 0 Å². The van der Waals surface area contributed by atoms with Gasteiger partial charge < -0.3 is 15.2 Å². The molecule has 2 N–H and O–H groups in total. The van der Waals surface area contributed by atoms with Gasteiger partial charge in [0, 0.05) is 18.2 Å². The summed E-state index contributed by atoms with van der Waals surface area (Å²) < 4.78 is 25.4. The average Bonchev–Trinajstić information content (AvgIpc) is 3.07. The highest BCUT2D eigenvalue weighted by Crippen LogP contribution is 2.43. The van der Waals surface area contributed by atoms with E-state index in [1.165, 1.54) is 31.7 Å². The summed E-state index contributed by atoms with van der Waals surface area (Å²) in [5.74, 6) is 0.250. The summed E-state index contributed by atoms with van der Waals surface area (Å²) in [6, 6.07) is 4.85. The van der Waals surface area contributed by atoms with Crippen molar-refractivity contribution in [2.45, 2.75) is 56.8 Å². The van der Waals surface area contributed by atoms with Gasteiger partial charge in [-0.15, -0.1) is 0 Å². The molecule has 0 bridgehead atoms. The quantitative estimate of drug-likeness (QED) is 0.920. The SMILES string of the molecule is NCc1ccc(OCC2CCC3(CCCC3)O2)cc1F. The zero-order chi connectivity index (χ0) is 14.0. The summed E-state index contributed by atoms with van der Waals surface area (Å²) in [6.45, 7) is 0.712. The van der Waals surface area contributed by atoms with Crippen LogP contribution in [0.25, 0.3) is 0 Å². The molecule has 0 amide bonds. The third-order valence-electron chi connectivity index (χ3n) is 4.53. The number of hydrogen-bond acceptors (Lipinski definition) is 3. The lowest BCUT2D eigenvalue weighted by molar-refractivity contribution is -0.0509. The van der Waals surface area contributed by atoms with Crippen LogP contribution in [0.15, 0.2) is 18.2 Å². The van der Waals surface area contributed by atoms with Crippen molar-refractivity contribution in [1.82, 2.24) is 0 Å². The molecule has 1 saturated heterocycles. The highest BCUT2D eigenvalue weighted by Gasteiger charge is 2.42. The minimum atomic E-state index is -0.301. The monoisotopic (exact) mass is 279 g/mol. The van der Waals surface area contributed by atoms with E-state index in [1.54, 1.807) is 12.1 Å². The van der Waals surface area contributed by atoms with Crippen molar-refractivity contribution in [2.24, 2.45) is 5.73 Å². The Bertz CT molecular complexity index is 472. The molecular formula is C16H22FNO2. The molecule has 1 atom stereocenters. The first kappa shape index (κ1) is 13.8. The first-order valence-electron chi connectivity index (χ1n) is 7.50. The largest absolute Gasteiger partial charge is 0.491 e. The first-order chi connectivity index (χ1) is 9.71. The van der Waals surface area contributed by atoms with Crippen molar-refractivity contribution in [1.29, 1.82) is 0 Å². The van der Waals surface area contributed by atoms with Gasteiger partial charge in [0.05, 0.1) is 11.7 Å². The summed E-state index contributed by atoms with van der Waals surface area (Å²) in [4.78, 5) is 0. The number of halogens is 1. The maximum absolute atomic E-state index is 13.6. The minimum Gasteiger partial charge on any atom is -0.491 e. The highest BCUT2D eigenvalue weighted by molar-refractivity contribution is 5.28. The predicted molar refractivity (Wildman–Crippen MR) is 75.1 cm³/mol. The van der Waals surface area contributed by atoms with Gasteiger partial charge in [-0.3, -0.25) is 0 Å². The molecule has 1 spiro atoms. The summed E-state index contributed by atoms with van der Waals surface area (Å²) in [5, 5.41) is 0. The van der Waals surface area contributed by atoms with Crippen LogP contribution in [0.1, 0.15) is 44.1 Å². The van der Waals surface area contributed by atoms with Gasteiger partial charge in [0.15, 0.2) is 0 Å². The number of hydrogen-bond donors (Lipinski definition) is 1. The Labute approximate surface area is 119 Å². The van der Waals surface area contributed by atoms with Crippen LogP contribution in [0.3, 0.4) is 0 Å². The molecule has 110 valence electrons. The summed E-state index contributed by atoms with van der Waals surface area (Å²) >= 11 is 0. The van der Waals surface area contributed by atoms with Crippen molar-refractivity contribution in [3.63, 3.8) is 0 Å². The van der Waals surface area contributed by atoms with Crippen LogP contribution in [0, 0.1) is 5.82 Å². The van der Waals surface area contributed by atoms with Crippen LogP contribution in [-0.2, 0) is 11.3 Å². The van der Waals surface area contributed by atoms with Gasteiger partial charge in [-0.2, -0.15) is 0 Å². The molecule has 2 fully saturated rings. The molecule has 2 aliphatic rings. The van der Waals surface area contributed by atoms with Crippen LogP contribution in [0.2, 0.25) is 0 Å². The number of benzene rings is 1. The predicted octanol–water partition coefficient (Wildman–Crippen LogP) is 3.16. The zero-order valence-electron chi connectivity index (χ0n) is 11.7. The lowest BCUT2D eigenvalue weighted by Crippen LogP contribution is -2.27. The Kier molecular flexibility index (Phi) is 3.94. The van der Waals surface area contributed by atoms with E-state index in [4.69, 9.17) is 15.2 Å². The minimum absolute atomic E-state index is 0.128. The molecule has 1 aliphatic carbocycles. The topological polar surface area (TPSA) is 44.5 Å². The van der Waals surface area contributed by atoms with Gasteiger partial charge in [0.1, 0.15) is 18.2 Å². The molecular weight excluding hydrogens is 257 g/mol. The fourth-order valence-electron chi connectivity index (χ4n) is 3.37. The highest BCUT2D eigenvalue weighted by atomic mass is 19.1. The molecule has 1 saturated carbocycles. The molecule has 0 radical (unpaired) electrons. The molecule has 3 rings (SSSR count). The number of nitrogens with two attached hydrogens (primary N) is 1. The maximum Gasteiger partial charge on any atom is 0.131 e. The van der Waals surface area contributed by atoms with Gasteiger partial charge in [0.2, 0.25) is 0 Å². The third kappa shape index (κ3) is 2.81. The fraction of sp³-hybridized carbons (Fsp3) is 0.625. The van der Waals surface area contributed by atoms with E-state index in [0.717, 1.165) is 12.8 Å². The molecule has 20 heavy (non-hydrogen) atoms. The smallest absolute Gasteiger partial charge is 0.131 e. The normalized spacial score (nSPS) is 24.4. The number of rotatable bonds is 4. The van der Waals surface area contributed by atoms with Gasteiger partial charge in [-0.05, 0) is 31.7 Å². The van der Waals surface area contributed by atoms with Gasteiger partial charge in [-0.25, -0.2) is 4.39 Å². The van der Waals surface area contributed by atoms with Crippen molar-refractivity contribution in [3.05, 3.63) is 29.6 Å². The molecule has 3 nitrogen and oxygen atoms in total. The van der Waals surface area contributed by atoms with Crippen molar-refractivity contribution in [3.8, 4) is 5.75 Å². The average molecular weight is 279 g/mol. The van der Waals surface area contributed by atoms with Crippen LogP contribution in [0.4, 0.5) is 4.39 Å². The van der Waals surface area contributed by atoms with Crippen molar-refractivity contribution >= 4 is 0 Å². The van der Waals surface area contributed by atoms with Crippen LogP contribution in [0.5, 0.6) is 5.75 Å². The van der Waals surface area contributed by atoms with E-state index in [1.807, 2.05) is 0 Å². The van der Waals surface area contributed by atoms with Gasteiger partial charge in [-0.1, -0.05) is 18.9 Å². The summed E-state index contributed by atoms with van der Waals surface area (Å²) in [6.07, 6.45) is 7.25. The van der Waals surface area contributed by atoms with Crippen molar-refractivity contribution in [2.75, 3.05) is 6.61 Å². The van der Waals surface area contributed by atoms with E-state index >= 15 is 0 Å². The Morgan fingerprint density at radius 1 is 1.30 bits per heavy atom. The van der Waals surface area contributed by atoms with E-state index in [0.29, 0.717) is 17.9 Å². The molecule has 1 aromatic rings. The van der Waals surface area contributed by atoms with Crippen LogP contribution < -0.4 is 10.5 Å². The molecule has 1 aliphatic heterocycles. The molecule has 0 aromatic heterocycles. The standard InChI is InChI=1S/C16H22FNO2/c17-15-9-13(4-3-12(15)10-18)19-11-14-5-8-16(20-14)6-1-2-7-16/h3-4,9,14H,1-2,5-8,10-11,18H2. The van der Waals surface area contributed by atoms with E-state index in [2.05, 4.69) is 0 Å². The lowest BCUT2D eigenvalue weighted by Gasteiger charge is -2.23. The van der Waals surface area contributed by atoms with E-state index in [-0.39, 0.29) is 24.1 Å². The Morgan fingerprint density at radius 2 is 2.10 bits per heavy atom. The Morgan fingerprint density at radius 3 is 2.80 bits per heavy atom. The second kappa shape index (κ2) is 5.70. The second-order valence-corrected chi connectivity index (χ2v) is 5.94. The Hall–Kier alpha value is -1.13. The first-order valence-corrected chi connectivity index (χ1v) is 7.50. The van der Waals surface area contributed by atoms with Gasteiger partial charge in [0.25, 0.3) is 0 Å². The summed E-state index contributed by atoms with van der Waals surface area (Å²) in [7, 11) is 0. The molecule has 1 aromatic carbocycles. The molecule has 1 heterocycles. The zero-order valence-corrected chi connectivity index (χ0v) is 11.7. The molecule has 4 heteroatoms. The van der Waals surface area contributed by atoms with Crippen LogP contribution in [-0.4, -0.2) is 18.3 Å². The second-order valence-electron chi connectivity index (χ2n) is 5.94. The van der Waals surface area contributed by atoms with Crippen molar-refractivity contribution < 1.29 is 13.9 Å². The maximum atomic E-state index is 13.6. The Balaban J connectivity index is 1.54. The molecule has 1 unspecified atom stereocenters. The summed E-state index contributed by atoms with van der Waals surface area (Å²) in [5.41, 5.74) is 6.08. The van der Waals surface area contributed by atoms with E-state index < -0.39 is 0 Å².